The average molecular weight is 212 g/mol. The largest absolute Gasteiger partial charge is 0.329 e. The van der Waals surface area contributed by atoms with Crippen LogP contribution in [0.4, 0.5) is 0 Å². The molecule has 2 heteroatoms. The van der Waals surface area contributed by atoms with E-state index in [1.54, 1.807) is 0 Å². The highest BCUT2D eigenvalue weighted by molar-refractivity contribution is 4.75. The van der Waals surface area contributed by atoms with Crippen LogP contribution in [0.2, 0.25) is 0 Å². The molecule has 0 amide bonds. The van der Waals surface area contributed by atoms with E-state index >= 15 is 0 Å². The average Bonchev–Trinajstić information content (AvgIpc) is 3.05. The maximum absolute atomic E-state index is 5.76. The second kappa shape index (κ2) is 8.12. The zero-order valence-corrected chi connectivity index (χ0v) is 10.3. The van der Waals surface area contributed by atoms with E-state index in [9.17, 15) is 0 Å². The van der Waals surface area contributed by atoms with Gasteiger partial charge in [0.15, 0.2) is 0 Å². The molecule has 0 saturated heterocycles. The van der Waals surface area contributed by atoms with Crippen molar-refractivity contribution < 1.29 is 0 Å². The molecule has 0 heterocycles. The van der Waals surface area contributed by atoms with E-state index in [1.807, 2.05) is 0 Å². The quantitative estimate of drug-likeness (QED) is 0.546. The summed E-state index contributed by atoms with van der Waals surface area (Å²) in [7, 11) is 0. The van der Waals surface area contributed by atoms with Gasteiger partial charge in [-0.05, 0) is 25.3 Å². The Hall–Kier alpha value is -0.0800. The van der Waals surface area contributed by atoms with Crippen LogP contribution in [0, 0.1) is 5.92 Å². The van der Waals surface area contributed by atoms with E-state index in [4.69, 9.17) is 5.73 Å². The predicted molar refractivity (Wildman–Crippen MR) is 66.9 cm³/mol. The standard InChI is InChI=1S/C13H28N2/c1-2-3-4-5-6-13(11-14)15-10-9-12-7-8-12/h12-13,15H,2-11,14H2,1H3. The van der Waals surface area contributed by atoms with Gasteiger partial charge in [0.2, 0.25) is 0 Å². The monoisotopic (exact) mass is 212 g/mol. The normalized spacial score (nSPS) is 18.0. The van der Waals surface area contributed by atoms with Crippen LogP contribution in [0.15, 0.2) is 0 Å². The SMILES string of the molecule is CCCCCCC(CN)NCCC1CC1. The van der Waals surface area contributed by atoms with Gasteiger partial charge in [0.25, 0.3) is 0 Å². The molecule has 1 fully saturated rings. The molecular weight excluding hydrogens is 184 g/mol. The van der Waals surface area contributed by atoms with E-state index in [-0.39, 0.29) is 0 Å². The van der Waals surface area contributed by atoms with Gasteiger partial charge in [0, 0.05) is 12.6 Å². The first-order chi connectivity index (χ1) is 7.36. The van der Waals surface area contributed by atoms with Crippen LogP contribution < -0.4 is 11.1 Å². The molecule has 90 valence electrons. The summed E-state index contributed by atoms with van der Waals surface area (Å²) in [6, 6.07) is 0.570. The van der Waals surface area contributed by atoms with Crippen molar-refractivity contribution in [1.29, 1.82) is 0 Å². The molecule has 1 rings (SSSR count). The summed E-state index contributed by atoms with van der Waals surface area (Å²) < 4.78 is 0. The van der Waals surface area contributed by atoms with Gasteiger partial charge in [-0.15, -0.1) is 0 Å². The summed E-state index contributed by atoms with van der Waals surface area (Å²) in [6.45, 7) is 4.24. The van der Waals surface area contributed by atoms with Gasteiger partial charge >= 0.3 is 0 Å². The molecule has 1 aliphatic rings. The van der Waals surface area contributed by atoms with Crippen molar-refractivity contribution in [3.05, 3.63) is 0 Å². The second-order valence-corrected chi connectivity index (χ2v) is 4.97. The summed E-state index contributed by atoms with van der Waals surface area (Å²) in [5.41, 5.74) is 5.76. The molecule has 0 aliphatic heterocycles. The van der Waals surface area contributed by atoms with Crippen LogP contribution >= 0.6 is 0 Å². The van der Waals surface area contributed by atoms with Crippen LogP contribution in [-0.4, -0.2) is 19.1 Å². The first-order valence-electron chi connectivity index (χ1n) is 6.80. The Morgan fingerprint density at radius 2 is 2.07 bits per heavy atom. The predicted octanol–water partition coefficient (Wildman–Crippen LogP) is 2.67. The van der Waals surface area contributed by atoms with Gasteiger partial charge in [-0.2, -0.15) is 0 Å². The summed E-state index contributed by atoms with van der Waals surface area (Å²) in [5, 5.41) is 3.59. The van der Waals surface area contributed by atoms with Crippen molar-refractivity contribution in [2.45, 2.75) is 64.3 Å². The highest BCUT2D eigenvalue weighted by atomic mass is 14.9. The molecular formula is C13H28N2. The Morgan fingerprint density at radius 3 is 2.67 bits per heavy atom. The fourth-order valence-electron chi connectivity index (χ4n) is 2.02. The Morgan fingerprint density at radius 1 is 1.27 bits per heavy atom. The molecule has 0 bridgehead atoms. The Balaban J connectivity index is 1.90. The number of hydrogen-bond donors (Lipinski definition) is 2. The zero-order chi connectivity index (χ0) is 10.9. The maximum Gasteiger partial charge on any atom is 0.0190 e. The summed E-state index contributed by atoms with van der Waals surface area (Å²) >= 11 is 0. The minimum absolute atomic E-state index is 0.570. The fourth-order valence-corrected chi connectivity index (χ4v) is 2.02. The molecule has 0 spiro atoms. The molecule has 3 N–H and O–H groups in total. The van der Waals surface area contributed by atoms with E-state index in [1.165, 1.54) is 57.9 Å². The molecule has 1 unspecified atom stereocenters. The van der Waals surface area contributed by atoms with E-state index in [0.29, 0.717) is 6.04 Å². The topological polar surface area (TPSA) is 38.0 Å². The molecule has 0 radical (unpaired) electrons. The minimum Gasteiger partial charge on any atom is -0.329 e. The lowest BCUT2D eigenvalue weighted by Crippen LogP contribution is -2.36. The molecule has 0 aromatic carbocycles. The van der Waals surface area contributed by atoms with Crippen LogP contribution in [0.3, 0.4) is 0 Å². The van der Waals surface area contributed by atoms with Gasteiger partial charge in [0.1, 0.15) is 0 Å². The minimum atomic E-state index is 0.570. The van der Waals surface area contributed by atoms with Gasteiger partial charge < -0.3 is 11.1 Å². The van der Waals surface area contributed by atoms with Crippen molar-refractivity contribution in [3.8, 4) is 0 Å². The third-order valence-corrected chi connectivity index (χ3v) is 3.37. The van der Waals surface area contributed by atoms with Crippen molar-refractivity contribution in [3.63, 3.8) is 0 Å². The highest BCUT2D eigenvalue weighted by Gasteiger charge is 2.20. The molecule has 2 nitrogen and oxygen atoms in total. The molecule has 15 heavy (non-hydrogen) atoms. The molecule has 1 atom stereocenters. The second-order valence-electron chi connectivity index (χ2n) is 4.97. The number of unbranched alkanes of at least 4 members (excludes halogenated alkanes) is 3. The fraction of sp³-hybridized carbons (Fsp3) is 1.00. The lowest BCUT2D eigenvalue weighted by atomic mass is 10.1. The molecule has 0 aromatic heterocycles. The Labute approximate surface area is 95.0 Å². The van der Waals surface area contributed by atoms with Gasteiger partial charge in [-0.1, -0.05) is 45.4 Å². The zero-order valence-electron chi connectivity index (χ0n) is 10.3. The molecule has 1 aliphatic carbocycles. The first-order valence-corrected chi connectivity index (χ1v) is 6.80. The van der Waals surface area contributed by atoms with Gasteiger partial charge in [0.05, 0.1) is 0 Å². The summed E-state index contributed by atoms with van der Waals surface area (Å²) in [5.74, 6) is 1.04. The van der Waals surface area contributed by atoms with Crippen molar-refractivity contribution in [1.82, 2.24) is 5.32 Å². The number of hydrogen-bond acceptors (Lipinski definition) is 2. The van der Waals surface area contributed by atoms with E-state index < -0.39 is 0 Å². The number of rotatable bonds is 10. The first kappa shape index (κ1) is 13.0. The van der Waals surface area contributed by atoms with Crippen LogP contribution in [0.25, 0.3) is 0 Å². The van der Waals surface area contributed by atoms with Gasteiger partial charge in [-0.25, -0.2) is 0 Å². The number of nitrogens with two attached hydrogens (primary N) is 1. The lowest BCUT2D eigenvalue weighted by Gasteiger charge is -2.16. The van der Waals surface area contributed by atoms with E-state index in [2.05, 4.69) is 12.2 Å². The van der Waals surface area contributed by atoms with E-state index in [0.717, 1.165) is 12.5 Å². The summed E-state index contributed by atoms with van der Waals surface area (Å²) in [4.78, 5) is 0. The van der Waals surface area contributed by atoms with Crippen LogP contribution in [0.1, 0.15) is 58.3 Å². The smallest absolute Gasteiger partial charge is 0.0190 e. The van der Waals surface area contributed by atoms with Crippen molar-refractivity contribution >= 4 is 0 Å². The van der Waals surface area contributed by atoms with Gasteiger partial charge in [-0.3, -0.25) is 0 Å². The highest BCUT2D eigenvalue weighted by Crippen LogP contribution is 2.31. The molecule has 1 saturated carbocycles. The number of nitrogens with one attached hydrogen (secondary N) is 1. The van der Waals surface area contributed by atoms with Crippen LogP contribution in [-0.2, 0) is 0 Å². The van der Waals surface area contributed by atoms with Crippen LogP contribution in [0.5, 0.6) is 0 Å². The maximum atomic E-state index is 5.76. The Kier molecular flexibility index (Phi) is 7.03. The lowest BCUT2D eigenvalue weighted by molar-refractivity contribution is 0.451. The third-order valence-electron chi connectivity index (χ3n) is 3.37. The third kappa shape index (κ3) is 6.91. The summed E-state index contributed by atoms with van der Waals surface area (Å²) in [6.07, 6.45) is 11.0. The molecule has 0 aromatic rings. The Bertz CT molecular complexity index is 143. The van der Waals surface area contributed by atoms with Crippen molar-refractivity contribution in [2.24, 2.45) is 11.7 Å². The van der Waals surface area contributed by atoms with Crippen molar-refractivity contribution in [2.75, 3.05) is 13.1 Å².